The predicted octanol–water partition coefficient (Wildman–Crippen LogP) is 0.576. The van der Waals surface area contributed by atoms with Crippen molar-refractivity contribution >= 4 is 11.5 Å². The lowest BCUT2D eigenvalue weighted by Crippen LogP contribution is -2.37. The molecule has 0 radical (unpaired) electrons. The molecule has 1 aliphatic heterocycles. The van der Waals surface area contributed by atoms with Crippen molar-refractivity contribution in [3.05, 3.63) is 24.0 Å². The zero-order valence-electron chi connectivity index (χ0n) is 7.33. The molecule has 4 nitrogen and oxygen atoms in total. The summed E-state index contributed by atoms with van der Waals surface area (Å²) in [5.41, 5.74) is 7.02. The first kappa shape index (κ1) is 8.04. The third-order valence-corrected chi connectivity index (χ3v) is 2.24. The molecule has 0 unspecified atom stereocenters. The van der Waals surface area contributed by atoms with E-state index in [-0.39, 0.29) is 5.84 Å². The van der Waals surface area contributed by atoms with Gasteiger partial charge in [-0.2, -0.15) is 0 Å². The van der Waals surface area contributed by atoms with Crippen LogP contribution in [-0.4, -0.2) is 23.9 Å². The van der Waals surface area contributed by atoms with Crippen molar-refractivity contribution in [2.24, 2.45) is 5.73 Å². The second-order valence-corrected chi connectivity index (χ2v) is 3.15. The summed E-state index contributed by atoms with van der Waals surface area (Å²) in [6.45, 7) is 2.20. The van der Waals surface area contributed by atoms with Gasteiger partial charge in [-0.15, -0.1) is 0 Å². The number of nitrogens with one attached hydrogen (secondary N) is 1. The molecule has 0 aliphatic carbocycles. The van der Waals surface area contributed by atoms with E-state index in [1.165, 1.54) is 6.42 Å². The maximum absolute atomic E-state index is 7.24. The second-order valence-electron chi connectivity index (χ2n) is 3.15. The van der Waals surface area contributed by atoms with E-state index in [0.717, 1.165) is 18.8 Å². The van der Waals surface area contributed by atoms with Gasteiger partial charge >= 0.3 is 0 Å². The number of nitrogens with two attached hydrogens (primary N) is 1. The fourth-order valence-corrected chi connectivity index (χ4v) is 1.34. The third kappa shape index (κ3) is 1.47. The lowest BCUT2D eigenvalue weighted by molar-refractivity contribution is 0.617. The smallest absolute Gasteiger partial charge is 0.141 e. The molecule has 3 N–H and O–H groups in total. The van der Waals surface area contributed by atoms with Crippen molar-refractivity contribution in [2.45, 2.75) is 6.42 Å². The maximum Gasteiger partial charge on any atom is 0.141 e. The van der Waals surface area contributed by atoms with Crippen LogP contribution >= 0.6 is 0 Å². The molecule has 2 heterocycles. The Morgan fingerprint density at radius 1 is 1.54 bits per heavy atom. The van der Waals surface area contributed by atoms with Gasteiger partial charge in [0.1, 0.15) is 11.5 Å². The van der Waals surface area contributed by atoms with Crippen LogP contribution in [0.1, 0.15) is 12.1 Å². The monoisotopic (exact) mass is 176 g/mol. The van der Waals surface area contributed by atoms with E-state index in [2.05, 4.69) is 9.88 Å². The molecule has 68 valence electrons. The van der Waals surface area contributed by atoms with Gasteiger partial charge in [0.05, 0.1) is 0 Å². The fraction of sp³-hybridized carbons (Fsp3) is 0.333. The molecule has 0 aromatic carbocycles. The molecule has 1 aromatic rings. The standard InChI is InChI=1S/C9H12N4/c10-9(11)8-6-7(2-3-12-8)13-4-1-5-13/h2-3,6H,1,4-5H2,(H3,10,11). The number of amidine groups is 1. The number of aromatic nitrogens is 1. The van der Waals surface area contributed by atoms with Crippen LogP contribution in [0.15, 0.2) is 18.3 Å². The van der Waals surface area contributed by atoms with Crippen LogP contribution in [0.2, 0.25) is 0 Å². The molecule has 0 saturated carbocycles. The number of nitrogens with zero attached hydrogens (tertiary/aromatic N) is 2. The summed E-state index contributed by atoms with van der Waals surface area (Å²) in [7, 11) is 0. The molecular formula is C9H12N4. The van der Waals surface area contributed by atoms with Crippen molar-refractivity contribution < 1.29 is 0 Å². The summed E-state index contributed by atoms with van der Waals surface area (Å²) < 4.78 is 0. The molecule has 1 aromatic heterocycles. The molecule has 0 spiro atoms. The van der Waals surface area contributed by atoms with Crippen LogP contribution in [-0.2, 0) is 0 Å². The summed E-state index contributed by atoms with van der Waals surface area (Å²) in [6.07, 6.45) is 2.95. The summed E-state index contributed by atoms with van der Waals surface area (Å²) >= 11 is 0. The minimum absolute atomic E-state index is 0.0300. The van der Waals surface area contributed by atoms with Gasteiger partial charge in [0.2, 0.25) is 0 Å². The number of rotatable bonds is 2. The van der Waals surface area contributed by atoms with Crippen LogP contribution < -0.4 is 10.6 Å². The quantitative estimate of drug-likeness (QED) is 0.511. The minimum atomic E-state index is 0.0300. The highest BCUT2D eigenvalue weighted by Gasteiger charge is 2.14. The average Bonchev–Trinajstić information content (AvgIpc) is 2.01. The van der Waals surface area contributed by atoms with Crippen LogP contribution in [0, 0.1) is 5.41 Å². The van der Waals surface area contributed by atoms with E-state index in [1.54, 1.807) is 6.20 Å². The first-order valence-electron chi connectivity index (χ1n) is 4.33. The zero-order valence-corrected chi connectivity index (χ0v) is 7.33. The van der Waals surface area contributed by atoms with Gasteiger partial charge in [0.25, 0.3) is 0 Å². The van der Waals surface area contributed by atoms with Crippen LogP contribution in [0.5, 0.6) is 0 Å². The van der Waals surface area contributed by atoms with Crippen LogP contribution in [0.3, 0.4) is 0 Å². The Morgan fingerprint density at radius 3 is 2.85 bits per heavy atom. The molecule has 0 atom stereocenters. The molecule has 1 aliphatic rings. The minimum Gasteiger partial charge on any atom is -0.382 e. The Bertz CT molecular complexity index is 330. The Balaban J connectivity index is 2.26. The van der Waals surface area contributed by atoms with E-state index in [4.69, 9.17) is 11.1 Å². The number of hydrogen-bond acceptors (Lipinski definition) is 3. The lowest BCUT2D eigenvalue weighted by atomic mass is 10.2. The highest BCUT2D eigenvalue weighted by molar-refractivity contribution is 5.93. The Morgan fingerprint density at radius 2 is 2.31 bits per heavy atom. The van der Waals surface area contributed by atoms with Crippen molar-refractivity contribution in [1.82, 2.24) is 4.98 Å². The molecule has 0 amide bonds. The largest absolute Gasteiger partial charge is 0.382 e. The summed E-state index contributed by atoms with van der Waals surface area (Å²) in [5, 5.41) is 7.24. The number of hydrogen-bond donors (Lipinski definition) is 2. The number of nitrogen functional groups attached to an aromatic ring is 1. The van der Waals surface area contributed by atoms with Crippen LogP contribution in [0.4, 0.5) is 5.69 Å². The lowest BCUT2D eigenvalue weighted by Gasteiger charge is -2.33. The normalized spacial score (nSPS) is 15.2. The first-order chi connectivity index (χ1) is 6.27. The van der Waals surface area contributed by atoms with Crippen LogP contribution in [0.25, 0.3) is 0 Å². The Labute approximate surface area is 76.9 Å². The van der Waals surface area contributed by atoms with E-state index in [0.29, 0.717) is 5.69 Å². The van der Waals surface area contributed by atoms with E-state index in [1.807, 2.05) is 12.1 Å². The third-order valence-electron chi connectivity index (χ3n) is 2.24. The highest BCUT2D eigenvalue weighted by atomic mass is 15.2. The summed E-state index contributed by atoms with van der Waals surface area (Å²) in [4.78, 5) is 6.25. The molecular weight excluding hydrogens is 164 g/mol. The Hall–Kier alpha value is -1.58. The average molecular weight is 176 g/mol. The molecule has 1 fully saturated rings. The molecule has 4 heteroatoms. The molecule has 0 bridgehead atoms. The van der Waals surface area contributed by atoms with E-state index >= 15 is 0 Å². The van der Waals surface area contributed by atoms with Crippen molar-refractivity contribution in [1.29, 1.82) is 5.41 Å². The van der Waals surface area contributed by atoms with E-state index in [9.17, 15) is 0 Å². The van der Waals surface area contributed by atoms with E-state index < -0.39 is 0 Å². The fourth-order valence-electron chi connectivity index (χ4n) is 1.34. The maximum atomic E-state index is 7.24. The Kier molecular flexibility index (Phi) is 1.88. The zero-order chi connectivity index (χ0) is 9.26. The topological polar surface area (TPSA) is 66.0 Å². The van der Waals surface area contributed by atoms with Gasteiger partial charge in [-0.1, -0.05) is 0 Å². The number of pyridine rings is 1. The van der Waals surface area contributed by atoms with Gasteiger partial charge in [-0.3, -0.25) is 10.4 Å². The van der Waals surface area contributed by atoms with Gasteiger partial charge in [0, 0.05) is 25.0 Å². The molecule has 13 heavy (non-hydrogen) atoms. The highest BCUT2D eigenvalue weighted by Crippen LogP contribution is 2.19. The van der Waals surface area contributed by atoms with Gasteiger partial charge in [-0.05, 0) is 18.6 Å². The molecule has 1 saturated heterocycles. The predicted molar refractivity (Wildman–Crippen MR) is 52.1 cm³/mol. The molecule has 2 rings (SSSR count). The van der Waals surface area contributed by atoms with Gasteiger partial charge in [0.15, 0.2) is 0 Å². The van der Waals surface area contributed by atoms with Crippen molar-refractivity contribution in [3.63, 3.8) is 0 Å². The summed E-state index contributed by atoms with van der Waals surface area (Å²) in [6, 6.07) is 3.81. The second kappa shape index (κ2) is 3.05. The number of anilines is 1. The van der Waals surface area contributed by atoms with Gasteiger partial charge in [-0.25, -0.2) is 0 Å². The van der Waals surface area contributed by atoms with Gasteiger partial charge < -0.3 is 10.6 Å². The van der Waals surface area contributed by atoms with Crippen molar-refractivity contribution in [3.8, 4) is 0 Å². The van der Waals surface area contributed by atoms with Crippen molar-refractivity contribution in [2.75, 3.05) is 18.0 Å². The summed E-state index contributed by atoms with van der Waals surface area (Å²) in [5.74, 6) is 0.0300. The SMILES string of the molecule is N=C(N)c1cc(N2CCC2)ccn1. The first-order valence-corrected chi connectivity index (χ1v) is 4.33.